The second-order valence-electron chi connectivity index (χ2n) is 5.08. The molecule has 1 fully saturated rings. The molecule has 2 atom stereocenters. The summed E-state index contributed by atoms with van der Waals surface area (Å²) in [6, 6.07) is 9.12. The molecule has 0 radical (unpaired) electrons. The van der Waals surface area contributed by atoms with Crippen molar-refractivity contribution in [3.63, 3.8) is 0 Å². The Bertz CT molecular complexity index is 690. The molecule has 2 unspecified atom stereocenters. The van der Waals surface area contributed by atoms with Crippen molar-refractivity contribution in [3.05, 3.63) is 35.9 Å². The molecule has 24 heavy (non-hydrogen) atoms. The van der Waals surface area contributed by atoms with E-state index in [0.29, 0.717) is 5.56 Å². The van der Waals surface area contributed by atoms with Crippen LogP contribution in [0.2, 0.25) is 0 Å². The molecule has 1 aromatic carbocycles. The second-order valence-corrected chi connectivity index (χ2v) is 5.08. The molecule has 1 heterocycles. The van der Waals surface area contributed by atoms with Gasteiger partial charge in [-0.15, -0.1) is 0 Å². The number of rotatable bonds is 5. The van der Waals surface area contributed by atoms with Gasteiger partial charge in [0.05, 0.1) is 12.7 Å². The van der Waals surface area contributed by atoms with E-state index in [1.54, 1.807) is 37.3 Å². The van der Waals surface area contributed by atoms with E-state index in [-0.39, 0.29) is 6.61 Å². The fraction of sp³-hybridized carbons (Fsp3) is 0.312. The number of amides is 4. The lowest BCUT2D eigenvalue weighted by Gasteiger charge is -2.30. The Labute approximate surface area is 137 Å². The smallest absolute Gasteiger partial charge is 0.328 e. The van der Waals surface area contributed by atoms with Crippen LogP contribution in [0.1, 0.15) is 18.4 Å². The van der Waals surface area contributed by atoms with Crippen LogP contribution in [0.3, 0.4) is 0 Å². The summed E-state index contributed by atoms with van der Waals surface area (Å²) in [6.07, 6.45) is 0. The Morgan fingerprint density at radius 1 is 1.21 bits per heavy atom. The molecule has 1 aliphatic heterocycles. The van der Waals surface area contributed by atoms with Gasteiger partial charge < -0.3 is 4.74 Å². The largest absolute Gasteiger partial charge is 0.465 e. The van der Waals surface area contributed by atoms with E-state index in [4.69, 9.17) is 4.74 Å². The second kappa shape index (κ2) is 7.37. The van der Waals surface area contributed by atoms with Gasteiger partial charge in [-0.2, -0.15) is 5.26 Å². The number of carbonyl (C=O) groups excluding carboxylic acids is 4. The highest BCUT2D eigenvalue weighted by molar-refractivity contribution is 6.17. The molecule has 8 nitrogen and oxygen atoms in total. The molecule has 2 N–H and O–H groups in total. The first-order valence-electron chi connectivity index (χ1n) is 7.26. The topological polar surface area (TPSA) is 125 Å². The number of nitrogens with one attached hydrogen (secondary N) is 2. The summed E-state index contributed by atoms with van der Waals surface area (Å²) >= 11 is 0. The minimum absolute atomic E-state index is 0.0556. The molecule has 4 amide bonds. The third-order valence-electron chi connectivity index (χ3n) is 3.62. The maximum Gasteiger partial charge on any atom is 0.328 e. The van der Waals surface area contributed by atoms with Crippen molar-refractivity contribution in [1.29, 1.82) is 5.26 Å². The van der Waals surface area contributed by atoms with Crippen LogP contribution in [0.15, 0.2) is 30.3 Å². The lowest BCUT2D eigenvalue weighted by molar-refractivity contribution is -0.148. The Hall–Kier alpha value is -3.21. The third-order valence-corrected chi connectivity index (χ3v) is 3.62. The highest BCUT2D eigenvalue weighted by Crippen LogP contribution is 2.34. The van der Waals surface area contributed by atoms with Crippen LogP contribution in [0.5, 0.6) is 0 Å². The van der Waals surface area contributed by atoms with Crippen molar-refractivity contribution in [3.8, 4) is 6.07 Å². The number of carbonyl (C=O) groups is 4. The van der Waals surface area contributed by atoms with Crippen LogP contribution in [-0.4, -0.2) is 30.4 Å². The molecule has 0 aliphatic carbocycles. The van der Waals surface area contributed by atoms with Gasteiger partial charge in [0.1, 0.15) is 5.92 Å². The number of ether oxygens (including phenoxy) is 1. The molecule has 2 rings (SSSR count). The minimum atomic E-state index is -1.40. The number of nitrogens with zero attached hydrogens (tertiary/aromatic N) is 1. The molecule has 8 heteroatoms. The van der Waals surface area contributed by atoms with Gasteiger partial charge in [-0.05, 0) is 12.5 Å². The Balaban J connectivity index is 2.49. The Morgan fingerprint density at radius 3 is 2.29 bits per heavy atom. The van der Waals surface area contributed by atoms with Gasteiger partial charge in [-0.1, -0.05) is 30.3 Å². The van der Waals surface area contributed by atoms with Crippen LogP contribution in [0.4, 0.5) is 4.79 Å². The first-order chi connectivity index (χ1) is 11.5. The van der Waals surface area contributed by atoms with Gasteiger partial charge in [0.25, 0.3) is 0 Å². The van der Waals surface area contributed by atoms with E-state index >= 15 is 0 Å². The summed E-state index contributed by atoms with van der Waals surface area (Å²) < 4.78 is 4.89. The Kier molecular flexibility index (Phi) is 5.27. The lowest BCUT2D eigenvalue weighted by atomic mass is 9.75. The predicted molar refractivity (Wildman–Crippen MR) is 80.1 cm³/mol. The molecule has 0 bridgehead atoms. The zero-order valence-corrected chi connectivity index (χ0v) is 12.8. The monoisotopic (exact) mass is 329 g/mol. The zero-order valence-electron chi connectivity index (χ0n) is 12.8. The number of urea groups is 1. The first kappa shape index (κ1) is 17.1. The summed E-state index contributed by atoms with van der Waals surface area (Å²) in [5.74, 6) is -6.40. The molecule has 0 aromatic heterocycles. The van der Waals surface area contributed by atoms with Crippen molar-refractivity contribution in [1.82, 2.24) is 10.6 Å². The fourth-order valence-corrected chi connectivity index (χ4v) is 2.62. The highest BCUT2D eigenvalue weighted by atomic mass is 16.5. The predicted octanol–water partition coefficient (Wildman–Crippen LogP) is 0.455. The van der Waals surface area contributed by atoms with Gasteiger partial charge in [-0.25, -0.2) is 4.79 Å². The van der Waals surface area contributed by atoms with Crippen LogP contribution < -0.4 is 10.6 Å². The first-order valence-corrected chi connectivity index (χ1v) is 7.26. The van der Waals surface area contributed by atoms with Crippen molar-refractivity contribution in [2.24, 2.45) is 11.8 Å². The molecule has 0 spiro atoms. The SMILES string of the molecule is CCOC(=O)C(C#N)C(c1ccccc1)C1C(=O)NC(=O)NC1=O. The van der Waals surface area contributed by atoms with Crippen molar-refractivity contribution in [2.75, 3.05) is 6.61 Å². The third kappa shape index (κ3) is 3.41. The van der Waals surface area contributed by atoms with Crippen LogP contribution in [0.25, 0.3) is 0 Å². The van der Waals surface area contributed by atoms with E-state index in [1.165, 1.54) is 0 Å². The van der Waals surface area contributed by atoms with Crippen LogP contribution in [-0.2, 0) is 19.1 Å². The molecule has 1 aliphatic rings. The van der Waals surface area contributed by atoms with Gasteiger partial charge in [0.15, 0.2) is 5.92 Å². The number of barbiturate groups is 1. The number of benzene rings is 1. The zero-order chi connectivity index (χ0) is 17.7. The van der Waals surface area contributed by atoms with E-state index in [2.05, 4.69) is 0 Å². The molecule has 0 saturated carbocycles. The summed E-state index contributed by atoms with van der Waals surface area (Å²) in [6.45, 7) is 1.64. The maximum absolute atomic E-state index is 12.2. The summed E-state index contributed by atoms with van der Waals surface area (Å²) in [7, 11) is 0. The standard InChI is InChI=1S/C16H15N3O5/c1-2-24-15(22)10(8-17)11(9-6-4-3-5-7-9)12-13(20)18-16(23)19-14(12)21/h3-7,10-12H,2H2,1H3,(H2,18,19,20,21,23). The summed E-state index contributed by atoms with van der Waals surface area (Å²) in [5.41, 5.74) is 0.446. The normalized spacial score (nSPS) is 17.2. The van der Waals surface area contributed by atoms with E-state index in [9.17, 15) is 24.4 Å². The summed E-state index contributed by atoms with van der Waals surface area (Å²) in [5, 5.41) is 13.4. The minimum Gasteiger partial charge on any atom is -0.465 e. The fourth-order valence-electron chi connectivity index (χ4n) is 2.62. The lowest BCUT2D eigenvalue weighted by Crippen LogP contribution is -2.58. The molecular formula is C16H15N3O5. The number of imide groups is 2. The molecule has 1 aromatic rings. The van der Waals surface area contributed by atoms with Crippen molar-refractivity contribution in [2.45, 2.75) is 12.8 Å². The maximum atomic E-state index is 12.2. The van der Waals surface area contributed by atoms with Crippen molar-refractivity contribution < 1.29 is 23.9 Å². The van der Waals surface area contributed by atoms with Gasteiger partial charge >= 0.3 is 12.0 Å². The molecule has 124 valence electrons. The van der Waals surface area contributed by atoms with Gasteiger partial charge in [-0.3, -0.25) is 25.0 Å². The van der Waals surface area contributed by atoms with E-state index in [1.807, 2.05) is 16.7 Å². The quantitative estimate of drug-likeness (QED) is 0.597. The van der Waals surface area contributed by atoms with Crippen LogP contribution in [0, 0.1) is 23.2 Å². The number of hydrogen-bond donors (Lipinski definition) is 2. The molecular weight excluding hydrogens is 314 g/mol. The van der Waals surface area contributed by atoms with E-state index < -0.39 is 41.6 Å². The number of nitriles is 1. The number of esters is 1. The van der Waals surface area contributed by atoms with Crippen molar-refractivity contribution >= 4 is 23.8 Å². The average Bonchev–Trinajstić information content (AvgIpc) is 2.54. The van der Waals surface area contributed by atoms with Crippen LogP contribution >= 0.6 is 0 Å². The van der Waals surface area contributed by atoms with Gasteiger partial charge in [0, 0.05) is 5.92 Å². The average molecular weight is 329 g/mol. The van der Waals surface area contributed by atoms with E-state index in [0.717, 1.165) is 0 Å². The van der Waals surface area contributed by atoms with Gasteiger partial charge in [0.2, 0.25) is 11.8 Å². The Morgan fingerprint density at radius 2 is 1.79 bits per heavy atom. The molecule has 1 saturated heterocycles. The number of hydrogen-bond acceptors (Lipinski definition) is 6. The summed E-state index contributed by atoms with van der Waals surface area (Å²) in [4.78, 5) is 47.7. The highest BCUT2D eigenvalue weighted by Gasteiger charge is 2.47.